The van der Waals surface area contributed by atoms with Crippen LogP contribution in [-0.4, -0.2) is 5.91 Å². The third-order valence-corrected chi connectivity index (χ3v) is 1.48. The van der Waals surface area contributed by atoms with Gasteiger partial charge in [0, 0.05) is 6.08 Å². The summed E-state index contributed by atoms with van der Waals surface area (Å²) in [6.07, 6.45) is 2.46. The van der Waals surface area contributed by atoms with E-state index in [0.29, 0.717) is 6.54 Å². The zero-order valence-electron chi connectivity index (χ0n) is 7.41. The van der Waals surface area contributed by atoms with Gasteiger partial charge in [-0.25, -0.2) is 0 Å². The molecular formula is C9H12N2O2. The molecule has 0 aliphatic carbocycles. The van der Waals surface area contributed by atoms with Crippen LogP contribution in [0.3, 0.4) is 0 Å². The fourth-order valence-corrected chi connectivity index (χ4v) is 0.901. The fraction of sp³-hybridized carbons (Fsp3) is 0.222. The number of carbonyl (C=O) groups excluding carboxylic acids is 1. The molecule has 0 spiro atoms. The number of carbonyl (C=O) groups is 1. The zero-order valence-corrected chi connectivity index (χ0v) is 7.41. The van der Waals surface area contributed by atoms with Gasteiger partial charge in [0.25, 0.3) is 0 Å². The SMILES string of the molecule is Cc1ccc(CNC(=O)/C=C\N)o1. The van der Waals surface area contributed by atoms with Crippen LogP contribution in [0.4, 0.5) is 0 Å². The molecule has 0 aromatic carbocycles. The monoisotopic (exact) mass is 180 g/mol. The van der Waals surface area contributed by atoms with Crippen molar-refractivity contribution in [2.24, 2.45) is 5.73 Å². The van der Waals surface area contributed by atoms with Gasteiger partial charge in [-0.15, -0.1) is 0 Å². The Balaban J connectivity index is 2.39. The molecule has 0 saturated carbocycles. The first-order chi connectivity index (χ1) is 6.22. The van der Waals surface area contributed by atoms with E-state index in [0.717, 1.165) is 11.5 Å². The third-order valence-electron chi connectivity index (χ3n) is 1.48. The van der Waals surface area contributed by atoms with Crippen molar-refractivity contribution in [2.75, 3.05) is 0 Å². The van der Waals surface area contributed by atoms with E-state index in [2.05, 4.69) is 5.32 Å². The van der Waals surface area contributed by atoms with Crippen molar-refractivity contribution >= 4 is 5.91 Å². The molecular weight excluding hydrogens is 168 g/mol. The van der Waals surface area contributed by atoms with Crippen LogP contribution in [0.2, 0.25) is 0 Å². The van der Waals surface area contributed by atoms with Gasteiger partial charge in [0.15, 0.2) is 0 Å². The second-order valence-electron chi connectivity index (χ2n) is 2.59. The van der Waals surface area contributed by atoms with Gasteiger partial charge in [0.1, 0.15) is 11.5 Å². The Hall–Kier alpha value is -1.71. The second kappa shape index (κ2) is 4.35. The molecule has 1 rings (SSSR count). The molecule has 0 unspecified atom stereocenters. The fourth-order valence-electron chi connectivity index (χ4n) is 0.901. The number of aryl methyl sites for hydroxylation is 1. The summed E-state index contributed by atoms with van der Waals surface area (Å²) in [6.45, 7) is 2.24. The van der Waals surface area contributed by atoms with E-state index in [9.17, 15) is 4.79 Å². The Labute approximate surface area is 76.4 Å². The quantitative estimate of drug-likeness (QED) is 0.672. The van der Waals surface area contributed by atoms with E-state index in [-0.39, 0.29) is 5.91 Å². The Kier molecular flexibility index (Phi) is 3.14. The number of amides is 1. The summed E-state index contributed by atoms with van der Waals surface area (Å²) in [5.74, 6) is 1.34. The molecule has 4 nitrogen and oxygen atoms in total. The summed E-state index contributed by atoms with van der Waals surface area (Å²) in [5.41, 5.74) is 5.04. The van der Waals surface area contributed by atoms with Crippen molar-refractivity contribution in [2.45, 2.75) is 13.5 Å². The van der Waals surface area contributed by atoms with E-state index >= 15 is 0 Å². The van der Waals surface area contributed by atoms with Crippen LogP contribution in [0, 0.1) is 6.92 Å². The molecule has 13 heavy (non-hydrogen) atoms. The van der Waals surface area contributed by atoms with Crippen molar-refractivity contribution in [3.05, 3.63) is 35.9 Å². The topological polar surface area (TPSA) is 68.3 Å². The Morgan fingerprint density at radius 3 is 3.00 bits per heavy atom. The summed E-state index contributed by atoms with van der Waals surface area (Å²) in [6, 6.07) is 3.67. The minimum atomic E-state index is -0.225. The first-order valence-corrected chi connectivity index (χ1v) is 3.94. The maximum absolute atomic E-state index is 10.9. The van der Waals surface area contributed by atoms with Crippen molar-refractivity contribution in [3.63, 3.8) is 0 Å². The number of nitrogens with two attached hydrogens (primary N) is 1. The van der Waals surface area contributed by atoms with Crippen LogP contribution >= 0.6 is 0 Å². The molecule has 1 amide bonds. The van der Waals surface area contributed by atoms with Gasteiger partial charge in [-0.1, -0.05) is 0 Å². The molecule has 0 atom stereocenters. The molecule has 0 aliphatic rings. The van der Waals surface area contributed by atoms with Crippen LogP contribution in [-0.2, 0) is 11.3 Å². The highest BCUT2D eigenvalue weighted by molar-refractivity contribution is 5.87. The van der Waals surface area contributed by atoms with E-state index in [4.69, 9.17) is 10.2 Å². The normalized spacial score (nSPS) is 10.5. The highest BCUT2D eigenvalue weighted by Gasteiger charge is 1.99. The van der Waals surface area contributed by atoms with E-state index in [1.54, 1.807) is 0 Å². The van der Waals surface area contributed by atoms with Crippen LogP contribution in [0.1, 0.15) is 11.5 Å². The van der Waals surface area contributed by atoms with Crippen molar-refractivity contribution in [1.82, 2.24) is 5.32 Å². The van der Waals surface area contributed by atoms with Crippen LogP contribution in [0.15, 0.2) is 28.8 Å². The molecule has 4 heteroatoms. The average molecular weight is 180 g/mol. The van der Waals surface area contributed by atoms with Gasteiger partial charge in [0.2, 0.25) is 5.91 Å². The van der Waals surface area contributed by atoms with E-state index in [1.807, 2.05) is 19.1 Å². The van der Waals surface area contributed by atoms with Gasteiger partial charge in [-0.3, -0.25) is 4.79 Å². The van der Waals surface area contributed by atoms with Crippen LogP contribution < -0.4 is 11.1 Å². The maximum Gasteiger partial charge on any atom is 0.245 e. The highest BCUT2D eigenvalue weighted by Crippen LogP contribution is 2.04. The minimum Gasteiger partial charge on any atom is -0.465 e. The van der Waals surface area contributed by atoms with Crippen molar-refractivity contribution in [3.8, 4) is 0 Å². The van der Waals surface area contributed by atoms with Gasteiger partial charge < -0.3 is 15.5 Å². The molecule has 1 heterocycles. The first-order valence-electron chi connectivity index (χ1n) is 3.94. The van der Waals surface area contributed by atoms with Crippen molar-refractivity contribution in [1.29, 1.82) is 0 Å². The predicted molar refractivity (Wildman–Crippen MR) is 48.6 cm³/mol. The molecule has 0 radical (unpaired) electrons. The highest BCUT2D eigenvalue weighted by atomic mass is 16.3. The zero-order chi connectivity index (χ0) is 9.68. The molecule has 0 fully saturated rings. The predicted octanol–water partition coefficient (Wildman–Crippen LogP) is 0.677. The smallest absolute Gasteiger partial charge is 0.245 e. The molecule has 1 aromatic heterocycles. The van der Waals surface area contributed by atoms with E-state index < -0.39 is 0 Å². The van der Waals surface area contributed by atoms with E-state index in [1.165, 1.54) is 12.3 Å². The Morgan fingerprint density at radius 1 is 1.69 bits per heavy atom. The van der Waals surface area contributed by atoms with Crippen LogP contribution in [0.5, 0.6) is 0 Å². The molecule has 1 aromatic rings. The number of nitrogens with one attached hydrogen (secondary N) is 1. The largest absolute Gasteiger partial charge is 0.465 e. The first kappa shape index (κ1) is 9.38. The minimum absolute atomic E-state index is 0.225. The maximum atomic E-state index is 10.9. The van der Waals surface area contributed by atoms with Gasteiger partial charge in [-0.05, 0) is 25.3 Å². The summed E-state index contributed by atoms with van der Waals surface area (Å²) in [5, 5.41) is 2.61. The summed E-state index contributed by atoms with van der Waals surface area (Å²) < 4.78 is 5.24. The summed E-state index contributed by atoms with van der Waals surface area (Å²) in [4.78, 5) is 10.9. The molecule has 0 bridgehead atoms. The standard InChI is InChI=1S/C9H12N2O2/c1-7-2-3-8(13-7)6-11-9(12)4-5-10/h2-5H,6,10H2,1H3,(H,11,12)/b5-4-. The Morgan fingerprint density at radius 2 is 2.46 bits per heavy atom. The lowest BCUT2D eigenvalue weighted by molar-refractivity contribution is -0.116. The van der Waals surface area contributed by atoms with Gasteiger partial charge >= 0.3 is 0 Å². The van der Waals surface area contributed by atoms with Gasteiger partial charge in [-0.2, -0.15) is 0 Å². The third kappa shape index (κ3) is 3.02. The van der Waals surface area contributed by atoms with Gasteiger partial charge in [0.05, 0.1) is 6.54 Å². The van der Waals surface area contributed by atoms with Crippen LogP contribution in [0.25, 0.3) is 0 Å². The summed E-state index contributed by atoms with van der Waals surface area (Å²) in [7, 11) is 0. The number of rotatable bonds is 3. The average Bonchev–Trinajstić information content (AvgIpc) is 2.49. The second-order valence-corrected chi connectivity index (χ2v) is 2.59. The molecule has 70 valence electrons. The number of furan rings is 1. The lowest BCUT2D eigenvalue weighted by Gasteiger charge is -1.97. The lowest BCUT2D eigenvalue weighted by atomic mass is 10.4. The summed E-state index contributed by atoms with van der Waals surface area (Å²) >= 11 is 0. The lowest BCUT2D eigenvalue weighted by Crippen LogP contribution is -2.20. The Bertz CT molecular complexity index is 315. The number of hydrogen-bond donors (Lipinski definition) is 2. The van der Waals surface area contributed by atoms with Crippen molar-refractivity contribution < 1.29 is 9.21 Å². The molecule has 0 saturated heterocycles. The molecule has 3 N–H and O–H groups in total. The molecule has 0 aliphatic heterocycles. The number of hydrogen-bond acceptors (Lipinski definition) is 3.